The fraction of sp³-hybridized carbons (Fsp3) is 0.667. The van der Waals surface area contributed by atoms with Crippen LogP contribution in [0, 0.1) is 5.92 Å². The van der Waals surface area contributed by atoms with Crippen LogP contribution in [-0.4, -0.2) is 44.8 Å². The molecule has 1 saturated heterocycles. The number of ether oxygens (including phenoxy) is 1. The van der Waals surface area contributed by atoms with Crippen LogP contribution in [0.15, 0.2) is 30.3 Å². The summed E-state index contributed by atoms with van der Waals surface area (Å²) in [7, 11) is 1.81. The van der Waals surface area contributed by atoms with E-state index in [1.54, 1.807) is 0 Å². The normalized spacial score (nSPS) is 18.0. The maximum Gasteiger partial charge on any atom is 0.0659 e. The standard InChI is InChI=1S/C18H30N2O/c1-3-13-20(14-16-9-11-19-12-10-16)18(15-21-2)17-7-5-4-6-8-17/h4-8,16,18-19H,3,9-15H2,1-2H3. The molecule has 3 heteroatoms. The van der Waals surface area contributed by atoms with Crippen LogP contribution < -0.4 is 5.32 Å². The summed E-state index contributed by atoms with van der Waals surface area (Å²) in [5.74, 6) is 0.820. The number of piperidine rings is 1. The minimum atomic E-state index is 0.381. The van der Waals surface area contributed by atoms with Crippen molar-refractivity contribution >= 4 is 0 Å². The summed E-state index contributed by atoms with van der Waals surface area (Å²) in [6.07, 6.45) is 3.79. The van der Waals surface area contributed by atoms with Gasteiger partial charge in [0, 0.05) is 13.7 Å². The third-order valence-corrected chi connectivity index (χ3v) is 4.41. The van der Waals surface area contributed by atoms with Crippen molar-refractivity contribution in [3.05, 3.63) is 35.9 Å². The molecule has 0 aliphatic carbocycles. The third kappa shape index (κ3) is 5.10. The van der Waals surface area contributed by atoms with Crippen LogP contribution in [0.1, 0.15) is 37.8 Å². The molecule has 1 heterocycles. The van der Waals surface area contributed by atoms with Crippen LogP contribution in [0.25, 0.3) is 0 Å². The van der Waals surface area contributed by atoms with Crippen molar-refractivity contribution < 1.29 is 4.74 Å². The summed E-state index contributed by atoms with van der Waals surface area (Å²) in [6, 6.07) is 11.2. The Hall–Kier alpha value is -0.900. The van der Waals surface area contributed by atoms with Gasteiger partial charge < -0.3 is 10.1 Å². The second-order valence-electron chi connectivity index (χ2n) is 6.07. The molecule has 1 N–H and O–H groups in total. The van der Waals surface area contributed by atoms with E-state index in [0.717, 1.165) is 19.1 Å². The number of benzene rings is 1. The Morgan fingerprint density at radius 3 is 2.57 bits per heavy atom. The van der Waals surface area contributed by atoms with Crippen molar-refractivity contribution in [2.45, 2.75) is 32.2 Å². The van der Waals surface area contributed by atoms with Crippen molar-refractivity contribution in [2.24, 2.45) is 5.92 Å². The van der Waals surface area contributed by atoms with Gasteiger partial charge in [0.2, 0.25) is 0 Å². The maximum absolute atomic E-state index is 5.52. The molecule has 3 nitrogen and oxygen atoms in total. The Kier molecular flexibility index (Phi) is 7.20. The molecule has 0 aromatic heterocycles. The van der Waals surface area contributed by atoms with Crippen LogP contribution in [0.4, 0.5) is 0 Å². The lowest BCUT2D eigenvalue weighted by atomic mass is 9.95. The minimum absolute atomic E-state index is 0.381. The largest absolute Gasteiger partial charge is 0.383 e. The van der Waals surface area contributed by atoms with Gasteiger partial charge in [-0.1, -0.05) is 37.3 Å². The van der Waals surface area contributed by atoms with Gasteiger partial charge in [-0.2, -0.15) is 0 Å². The van der Waals surface area contributed by atoms with E-state index in [1.165, 1.54) is 44.5 Å². The van der Waals surface area contributed by atoms with Crippen LogP contribution in [0.3, 0.4) is 0 Å². The second-order valence-corrected chi connectivity index (χ2v) is 6.07. The lowest BCUT2D eigenvalue weighted by Crippen LogP contribution is -2.39. The fourth-order valence-electron chi connectivity index (χ4n) is 3.30. The summed E-state index contributed by atoms with van der Waals surface area (Å²) in [5.41, 5.74) is 1.38. The van der Waals surface area contributed by atoms with E-state index in [1.807, 2.05) is 7.11 Å². The summed E-state index contributed by atoms with van der Waals surface area (Å²) >= 11 is 0. The highest BCUT2D eigenvalue weighted by Gasteiger charge is 2.23. The zero-order valence-electron chi connectivity index (χ0n) is 13.6. The molecule has 1 atom stereocenters. The number of hydrogen-bond acceptors (Lipinski definition) is 3. The monoisotopic (exact) mass is 290 g/mol. The number of rotatable bonds is 8. The Morgan fingerprint density at radius 2 is 1.95 bits per heavy atom. The smallest absolute Gasteiger partial charge is 0.0659 e. The van der Waals surface area contributed by atoms with Gasteiger partial charge in [-0.15, -0.1) is 0 Å². The SMILES string of the molecule is CCCN(CC1CCNCC1)C(COC)c1ccccc1. The van der Waals surface area contributed by atoms with Crippen molar-refractivity contribution in [1.82, 2.24) is 10.2 Å². The van der Waals surface area contributed by atoms with Gasteiger partial charge in [0.25, 0.3) is 0 Å². The minimum Gasteiger partial charge on any atom is -0.383 e. The van der Waals surface area contributed by atoms with Gasteiger partial charge in [0.15, 0.2) is 0 Å². The zero-order valence-corrected chi connectivity index (χ0v) is 13.6. The summed E-state index contributed by atoms with van der Waals surface area (Å²) in [4.78, 5) is 2.63. The maximum atomic E-state index is 5.52. The summed E-state index contributed by atoms with van der Waals surface area (Å²) < 4.78 is 5.52. The first-order chi connectivity index (χ1) is 10.3. The van der Waals surface area contributed by atoms with Gasteiger partial charge >= 0.3 is 0 Å². The van der Waals surface area contributed by atoms with Gasteiger partial charge in [0.1, 0.15) is 0 Å². The summed E-state index contributed by atoms with van der Waals surface area (Å²) in [5, 5.41) is 3.46. The number of nitrogens with one attached hydrogen (secondary N) is 1. The topological polar surface area (TPSA) is 24.5 Å². The van der Waals surface area contributed by atoms with E-state index in [9.17, 15) is 0 Å². The van der Waals surface area contributed by atoms with Crippen molar-refractivity contribution in [3.63, 3.8) is 0 Å². The number of methoxy groups -OCH3 is 1. The van der Waals surface area contributed by atoms with Crippen molar-refractivity contribution in [1.29, 1.82) is 0 Å². The highest BCUT2D eigenvalue weighted by molar-refractivity contribution is 5.19. The van der Waals surface area contributed by atoms with Crippen LogP contribution >= 0.6 is 0 Å². The fourth-order valence-corrected chi connectivity index (χ4v) is 3.30. The number of hydrogen-bond donors (Lipinski definition) is 1. The average Bonchev–Trinajstić information content (AvgIpc) is 2.54. The highest BCUT2D eigenvalue weighted by Crippen LogP contribution is 2.24. The molecule has 0 radical (unpaired) electrons. The molecule has 1 aliphatic rings. The number of nitrogens with zero attached hydrogens (tertiary/aromatic N) is 1. The van der Waals surface area contributed by atoms with Crippen molar-refractivity contribution in [3.8, 4) is 0 Å². The molecule has 0 saturated carbocycles. The molecule has 21 heavy (non-hydrogen) atoms. The molecule has 0 amide bonds. The van der Waals surface area contributed by atoms with E-state index < -0.39 is 0 Å². The first-order valence-corrected chi connectivity index (χ1v) is 8.33. The first-order valence-electron chi connectivity index (χ1n) is 8.33. The van der Waals surface area contributed by atoms with E-state index in [-0.39, 0.29) is 0 Å². The van der Waals surface area contributed by atoms with E-state index in [2.05, 4.69) is 47.5 Å². The molecule has 1 aromatic rings. The predicted molar refractivity (Wildman–Crippen MR) is 88.5 cm³/mol. The van der Waals surface area contributed by atoms with E-state index >= 15 is 0 Å². The van der Waals surface area contributed by atoms with Crippen LogP contribution in [0.5, 0.6) is 0 Å². The van der Waals surface area contributed by atoms with E-state index in [0.29, 0.717) is 6.04 Å². The average molecular weight is 290 g/mol. The zero-order chi connectivity index (χ0) is 14.9. The quantitative estimate of drug-likeness (QED) is 0.796. The molecular weight excluding hydrogens is 260 g/mol. The van der Waals surface area contributed by atoms with Crippen LogP contribution in [-0.2, 0) is 4.74 Å². The third-order valence-electron chi connectivity index (χ3n) is 4.41. The Balaban J connectivity index is 2.07. The van der Waals surface area contributed by atoms with Crippen LogP contribution in [0.2, 0.25) is 0 Å². The summed E-state index contributed by atoms with van der Waals surface area (Å²) in [6.45, 7) is 7.72. The molecular formula is C18H30N2O. The lowest BCUT2D eigenvalue weighted by molar-refractivity contribution is 0.0739. The molecule has 2 rings (SSSR count). The Labute approximate surface area is 129 Å². The molecule has 0 bridgehead atoms. The molecule has 1 aliphatic heterocycles. The molecule has 1 aromatic carbocycles. The van der Waals surface area contributed by atoms with Gasteiger partial charge in [-0.05, 0) is 50.4 Å². The van der Waals surface area contributed by atoms with Gasteiger partial charge in [0.05, 0.1) is 12.6 Å². The Bertz CT molecular complexity index is 376. The molecule has 1 fully saturated rings. The van der Waals surface area contributed by atoms with Crippen molar-refractivity contribution in [2.75, 3.05) is 39.9 Å². The first kappa shape index (κ1) is 16.5. The van der Waals surface area contributed by atoms with E-state index in [4.69, 9.17) is 4.74 Å². The molecule has 118 valence electrons. The highest BCUT2D eigenvalue weighted by atomic mass is 16.5. The Morgan fingerprint density at radius 1 is 1.24 bits per heavy atom. The lowest BCUT2D eigenvalue weighted by Gasteiger charge is -2.35. The molecule has 0 spiro atoms. The van der Waals surface area contributed by atoms with Gasteiger partial charge in [-0.25, -0.2) is 0 Å². The van der Waals surface area contributed by atoms with Gasteiger partial charge in [-0.3, -0.25) is 4.90 Å². The molecule has 1 unspecified atom stereocenters. The second kappa shape index (κ2) is 9.19. The predicted octanol–water partition coefficient (Wildman–Crippen LogP) is 3.09.